The Bertz CT molecular complexity index is 394. The third kappa shape index (κ3) is 3.35. The molecule has 19 heavy (non-hydrogen) atoms. The highest BCUT2D eigenvalue weighted by Gasteiger charge is 2.27. The van der Waals surface area contributed by atoms with E-state index in [9.17, 15) is 5.11 Å². The predicted octanol–water partition coefficient (Wildman–Crippen LogP) is 2.60. The van der Waals surface area contributed by atoms with Crippen LogP contribution in [0.1, 0.15) is 52.0 Å². The van der Waals surface area contributed by atoms with Crippen molar-refractivity contribution < 1.29 is 5.11 Å². The second-order valence-electron chi connectivity index (χ2n) is 5.16. The Hall–Kier alpha value is -1.36. The normalized spacial score (nSPS) is 11.7. The third-order valence-corrected chi connectivity index (χ3v) is 3.74. The molecule has 5 heteroatoms. The minimum atomic E-state index is -0.316. The van der Waals surface area contributed by atoms with Crippen molar-refractivity contribution in [2.75, 3.05) is 24.3 Å². The monoisotopic (exact) mass is 266 g/mol. The largest absolute Gasteiger partial charge is 0.394 e. The second-order valence-corrected chi connectivity index (χ2v) is 5.16. The van der Waals surface area contributed by atoms with Crippen molar-refractivity contribution in [3.63, 3.8) is 0 Å². The van der Waals surface area contributed by atoms with Crippen molar-refractivity contribution in [1.29, 1.82) is 0 Å². The van der Waals surface area contributed by atoms with Gasteiger partial charge in [-0.25, -0.2) is 9.97 Å². The highest BCUT2D eigenvalue weighted by Crippen LogP contribution is 2.31. The van der Waals surface area contributed by atoms with Gasteiger partial charge < -0.3 is 15.7 Å². The quantitative estimate of drug-likeness (QED) is 0.707. The first-order chi connectivity index (χ1) is 9.03. The molecule has 3 N–H and O–H groups in total. The molecule has 5 nitrogen and oxygen atoms in total. The summed E-state index contributed by atoms with van der Waals surface area (Å²) in [5, 5.41) is 16.2. The van der Waals surface area contributed by atoms with E-state index in [-0.39, 0.29) is 12.1 Å². The van der Waals surface area contributed by atoms with Crippen LogP contribution in [0.2, 0.25) is 0 Å². The fraction of sp³-hybridized carbons (Fsp3) is 0.714. The van der Waals surface area contributed by atoms with Crippen LogP contribution >= 0.6 is 0 Å². The summed E-state index contributed by atoms with van der Waals surface area (Å²) in [5.74, 6) is 1.95. The average molecular weight is 266 g/mol. The van der Waals surface area contributed by atoms with Gasteiger partial charge in [0.2, 0.25) is 0 Å². The van der Waals surface area contributed by atoms with Gasteiger partial charge in [0.05, 0.1) is 12.1 Å². The molecule has 1 heterocycles. The van der Waals surface area contributed by atoms with E-state index in [0.29, 0.717) is 5.92 Å². The van der Waals surface area contributed by atoms with Gasteiger partial charge in [0, 0.05) is 12.6 Å². The number of nitrogens with zero attached hydrogens (tertiary/aromatic N) is 2. The van der Waals surface area contributed by atoms with E-state index in [1.54, 1.807) is 6.33 Å². The molecule has 0 fully saturated rings. The third-order valence-electron chi connectivity index (χ3n) is 3.74. The Morgan fingerprint density at radius 3 is 2.21 bits per heavy atom. The van der Waals surface area contributed by atoms with Crippen LogP contribution in [0.3, 0.4) is 0 Å². The lowest BCUT2D eigenvalue weighted by Crippen LogP contribution is -2.41. The van der Waals surface area contributed by atoms with Gasteiger partial charge in [0.1, 0.15) is 18.0 Å². The number of hydrogen-bond acceptors (Lipinski definition) is 5. The number of anilines is 2. The smallest absolute Gasteiger partial charge is 0.135 e. The molecule has 0 unspecified atom stereocenters. The summed E-state index contributed by atoms with van der Waals surface area (Å²) < 4.78 is 0. The first-order valence-corrected chi connectivity index (χ1v) is 6.95. The van der Waals surface area contributed by atoms with Crippen LogP contribution in [0.25, 0.3) is 0 Å². The van der Waals surface area contributed by atoms with E-state index in [2.05, 4.69) is 48.3 Å². The summed E-state index contributed by atoms with van der Waals surface area (Å²) in [7, 11) is 1.86. The summed E-state index contributed by atoms with van der Waals surface area (Å²) in [5.41, 5.74) is 0.743. The Morgan fingerprint density at radius 2 is 1.79 bits per heavy atom. The molecule has 0 saturated carbocycles. The Kier molecular flexibility index (Phi) is 5.54. The molecule has 0 aliphatic carbocycles. The van der Waals surface area contributed by atoms with Gasteiger partial charge in [0.25, 0.3) is 0 Å². The lowest BCUT2D eigenvalue weighted by atomic mass is 9.93. The van der Waals surface area contributed by atoms with E-state index < -0.39 is 0 Å². The molecule has 0 amide bonds. The SMILES string of the molecule is CCC(CC)(CO)Nc1ncnc(NC)c1C(C)C. The Labute approximate surface area is 115 Å². The second kappa shape index (κ2) is 6.70. The number of hydrogen-bond donors (Lipinski definition) is 3. The minimum Gasteiger partial charge on any atom is -0.394 e. The van der Waals surface area contributed by atoms with Gasteiger partial charge in [-0.1, -0.05) is 27.7 Å². The Balaban J connectivity index is 3.20. The molecule has 0 aliphatic heterocycles. The van der Waals surface area contributed by atoms with E-state index in [4.69, 9.17) is 0 Å². The molecule has 1 aromatic rings. The van der Waals surface area contributed by atoms with E-state index in [0.717, 1.165) is 30.0 Å². The molecule has 0 aromatic carbocycles. The minimum absolute atomic E-state index is 0.0937. The molecule has 1 rings (SSSR count). The lowest BCUT2D eigenvalue weighted by molar-refractivity contribution is 0.202. The van der Waals surface area contributed by atoms with E-state index in [1.807, 2.05) is 7.05 Å². The standard InChI is InChI=1S/C14H26N4O/c1-6-14(7-2,8-19)18-13-11(10(3)4)12(15-5)16-9-17-13/h9-10,19H,6-8H2,1-5H3,(H2,15,16,17,18). The molecule has 0 saturated heterocycles. The molecule has 0 spiro atoms. The summed E-state index contributed by atoms with van der Waals surface area (Å²) >= 11 is 0. The molecule has 1 aromatic heterocycles. The molecule has 0 aliphatic rings. The van der Waals surface area contributed by atoms with Crippen LogP contribution in [-0.4, -0.2) is 34.3 Å². The van der Waals surface area contributed by atoms with Crippen molar-refractivity contribution in [3.05, 3.63) is 11.9 Å². The maximum atomic E-state index is 9.67. The molecule has 0 bridgehead atoms. The zero-order valence-corrected chi connectivity index (χ0v) is 12.6. The number of nitrogens with one attached hydrogen (secondary N) is 2. The number of aliphatic hydroxyl groups excluding tert-OH is 1. The number of aromatic nitrogens is 2. The van der Waals surface area contributed by atoms with Crippen LogP contribution in [0.4, 0.5) is 11.6 Å². The van der Waals surface area contributed by atoms with Gasteiger partial charge in [-0.2, -0.15) is 0 Å². The van der Waals surface area contributed by atoms with Gasteiger partial charge in [0.15, 0.2) is 0 Å². The fourth-order valence-corrected chi connectivity index (χ4v) is 2.18. The molecule has 0 radical (unpaired) electrons. The topological polar surface area (TPSA) is 70.1 Å². The maximum Gasteiger partial charge on any atom is 0.135 e. The van der Waals surface area contributed by atoms with Crippen molar-refractivity contribution in [1.82, 2.24) is 9.97 Å². The predicted molar refractivity (Wildman–Crippen MR) is 79.7 cm³/mol. The molecular formula is C14H26N4O. The zero-order chi connectivity index (χ0) is 14.5. The first-order valence-electron chi connectivity index (χ1n) is 6.95. The van der Waals surface area contributed by atoms with Crippen LogP contribution in [-0.2, 0) is 0 Å². The van der Waals surface area contributed by atoms with Crippen molar-refractivity contribution >= 4 is 11.6 Å². The maximum absolute atomic E-state index is 9.67. The summed E-state index contributed by atoms with van der Waals surface area (Å²) in [6.07, 6.45) is 3.24. The van der Waals surface area contributed by atoms with Crippen LogP contribution in [0.15, 0.2) is 6.33 Å². The van der Waals surface area contributed by atoms with Gasteiger partial charge >= 0.3 is 0 Å². The van der Waals surface area contributed by atoms with Gasteiger partial charge in [-0.3, -0.25) is 0 Å². The summed E-state index contributed by atoms with van der Waals surface area (Å²) in [6.45, 7) is 8.47. The van der Waals surface area contributed by atoms with Crippen molar-refractivity contribution in [3.8, 4) is 0 Å². The number of aliphatic hydroxyl groups is 1. The van der Waals surface area contributed by atoms with Gasteiger partial charge in [-0.15, -0.1) is 0 Å². The van der Waals surface area contributed by atoms with Gasteiger partial charge in [-0.05, 0) is 18.8 Å². The highest BCUT2D eigenvalue weighted by atomic mass is 16.3. The molecule has 0 atom stereocenters. The first kappa shape index (κ1) is 15.7. The lowest BCUT2D eigenvalue weighted by Gasteiger charge is -2.32. The summed E-state index contributed by atoms with van der Waals surface area (Å²) in [4.78, 5) is 8.63. The zero-order valence-electron chi connectivity index (χ0n) is 12.6. The molecule has 108 valence electrons. The molecular weight excluding hydrogens is 240 g/mol. The Morgan fingerprint density at radius 1 is 1.21 bits per heavy atom. The van der Waals surface area contributed by atoms with Crippen LogP contribution < -0.4 is 10.6 Å². The van der Waals surface area contributed by atoms with E-state index in [1.165, 1.54) is 0 Å². The van der Waals surface area contributed by atoms with E-state index >= 15 is 0 Å². The van der Waals surface area contributed by atoms with Crippen LogP contribution in [0.5, 0.6) is 0 Å². The fourth-order valence-electron chi connectivity index (χ4n) is 2.18. The summed E-state index contributed by atoms with van der Waals surface area (Å²) in [6, 6.07) is 0. The van der Waals surface area contributed by atoms with Crippen LogP contribution in [0, 0.1) is 0 Å². The number of rotatable bonds is 7. The van der Waals surface area contributed by atoms with Crippen molar-refractivity contribution in [2.45, 2.75) is 52.0 Å². The average Bonchev–Trinajstić information content (AvgIpc) is 2.44. The van der Waals surface area contributed by atoms with Crippen molar-refractivity contribution in [2.24, 2.45) is 0 Å². The highest BCUT2D eigenvalue weighted by molar-refractivity contribution is 5.59.